The summed E-state index contributed by atoms with van der Waals surface area (Å²) in [5, 5.41) is 0. The molecule has 0 fully saturated rings. The number of nitrogens with zero attached hydrogens (tertiary/aromatic N) is 4. The van der Waals surface area contributed by atoms with E-state index in [2.05, 4.69) is 15.0 Å². The summed E-state index contributed by atoms with van der Waals surface area (Å²) in [5.41, 5.74) is 2.61. The van der Waals surface area contributed by atoms with Gasteiger partial charge in [-0.3, -0.25) is 9.78 Å². The fourth-order valence-electron chi connectivity index (χ4n) is 3.84. The number of carbonyl (C=O) groups is 1. The van der Waals surface area contributed by atoms with E-state index in [1.165, 1.54) is 0 Å². The number of carbonyl (C=O) groups excluding carboxylic acids is 1. The predicted molar refractivity (Wildman–Crippen MR) is 124 cm³/mol. The third-order valence-corrected chi connectivity index (χ3v) is 5.55. The van der Waals surface area contributed by atoms with E-state index in [0.717, 1.165) is 30.3 Å². The Hall–Kier alpha value is -4.00. The molecule has 3 heterocycles. The molecular weight excluding hydrogens is 416 g/mol. The first kappa shape index (κ1) is 20.9. The third-order valence-electron chi connectivity index (χ3n) is 5.55. The molecule has 7 heteroatoms. The molecule has 0 aliphatic carbocycles. The number of benzene rings is 2. The van der Waals surface area contributed by atoms with Crippen molar-refractivity contribution in [3.63, 3.8) is 0 Å². The average Bonchev–Trinajstić information content (AvgIpc) is 2.87. The second-order valence-electron chi connectivity index (χ2n) is 7.90. The maximum atomic E-state index is 13.5. The molecule has 0 radical (unpaired) electrons. The Kier molecular flexibility index (Phi) is 6.10. The maximum absolute atomic E-state index is 13.5. The number of fused-ring (bicyclic) bond motifs is 3. The van der Waals surface area contributed by atoms with E-state index in [-0.39, 0.29) is 5.91 Å². The molecule has 4 aromatic rings. The van der Waals surface area contributed by atoms with Crippen LogP contribution in [0.3, 0.4) is 0 Å². The molecule has 7 nitrogen and oxygen atoms in total. The van der Waals surface area contributed by atoms with Crippen molar-refractivity contribution in [3.8, 4) is 17.4 Å². The topological polar surface area (TPSA) is 77.4 Å². The number of para-hydroxylation sites is 4. The van der Waals surface area contributed by atoms with E-state index in [4.69, 9.17) is 9.47 Å². The highest BCUT2D eigenvalue weighted by Crippen LogP contribution is 2.32. The normalized spacial score (nSPS) is 14.5. The van der Waals surface area contributed by atoms with Crippen LogP contribution in [0.2, 0.25) is 0 Å². The zero-order valence-corrected chi connectivity index (χ0v) is 18.2. The van der Waals surface area contributed by atoms with E-state index in [0.29, 0.717) is 48.3 Å². The Balaban J connectivity index is 1.47. The minimum Gasteiger partial charge on any atom is -0.490 e. The zero-order chi connectivity index (χ0) is 22.5. The highest BCUT2D eigenvalue weighted by atomic mass is 16.5. The van der Waals surface area contributed by atoms with Gasteiger partial charge in [-0.05, 0) is 49.6 Å². The number of hydrogen-bond acceptors (Lipinski definition) is 6. The highest BCUT2D eigenvalue weighted by Gasteiger charge is 2.21. The first-order valence-electron chi connectivity index (χ1n) is 11.1. The molecule has 0 unspecified atom stereocenters. The quantitative estimate of drug-likeness (QED) is 0.414. The van der Waals surface area contributed by atoms with Crippen LogP contribution in [0.5, 0.6) is 17.4 Å². The largest absolute Gasteiger partial charge is 0.490 e. The number of ether oxygens (including phenoxy) is 2. The zero-order valence-electron chi connectivity index (χ0n) is 18.2. The van der Waals surface area contributed by atoms with E-state index >= 15 is 0 Å². The Bertz CT molecular complexity index is 1280. The van der Waals surface area contributed by atoms with Crippen LogP contribution in [0.1, 0.15) is 35.3 Å². The van der Waals surface area contributed by atoms with Crippen LogP contribution >= 0.6 is 0 Å². The van der Waals surface area contributed by atoms with Gasteiger partial charge in [-0.15, -0.1) is 0 Å². The van der Waals surface area contributed by atoms with Gasteiger partial charge in [0.1, 0.15) is 5.69 Å². The molecule has 166 valence electrons. The highest BCUT2D eigenvalue weighted by molar-refractivity contribution is 5.93. The summed E-state index contributed by atoms with van der Waals surface area (Å²) in [6.45, 7) is 1.54. The summed E-state index contributed by atoms with van der Waals surface area (Å²) in [5.74, 6) is 1.59. The number of aromatic nitrogens is 3. The second kappa shape index (κ2) is 9.65. The van der Waals surface area contributed by atoms with Crippen LogP contribution in [0, 0.1) is 0 Å². The lowest BCUT2D eigenvalue weighted by molar-refractivity contribution is 0.0732. The Labute approximate surface area is 192 Å². The van der Waals surface area contributed by atoms with Crippen molar-refractivity contribution in [2.75, 3.05) is 13.2 Å². The van der Waals surface area contributed by atoms with Crippen LogP contribution in [0.15, 0.2) is 73.1 Å². The predicted octanol–water partition coefficient (Wildman–Crippen LogP) is 5.02. The number of pyridine rings is 1. The minimum absolute atomic E-state index is 0.158. The lowest BCUT2D eigenvalue weighted by Gasteiger charge is -2.23. The van der Waals surface area contributed by atoms with E-state index < -0.39 is 0 Å². The van der Waals surface area contributed by atoms with Gasteiger partial charge >= 0.3 is 0 Å². The Morgan fingerprint density at radius 3 is 2.58 bits per heavy atom. The van der Waals surface area contributed by atoms with Crippen LogP contribution < -0.4 is 9.47 Å². The van der Waals surface area contributed by atoms with Gasteiger partial charge in [0.25, 0.3) is 5.91 Å². The number of amides is 1. The van der Waals surface area contributed by atoms with Crippen molar-refractivity contribution < 1.29 is 14.3 Å². The SMILES string of the molecule is O=C(c1cnc2ccccc2n1)N1CCCCCOc2ccccc2Oc2ncccc2C1. The van der Waals surface area contributed by atoms with Gasteiger partial charge < -0.3 is 14.4 Å². The fourth-order valence-corrected chi connectivity index (χ4v) is 3.84. The van der Waals surface area contributed by atoms with Crippen molar-refractivity contribution in [3.05, 3.63) is 84.3 Å². The standard InChI is InChI=1S/C26H24N4O3/c31-26(22-17-28-20-10-2-3-11-21(20)29-22)30-15-6-1-7-16-32-23-12-4-5-13-24(23)33-25-19(18-30)9-8-14-27-25/h2-5,8-14,17H,1,6-7,15-16,18H2. The molecule has 0 spiro atoms. The van der Waals surface area contributed by atoms with Crippen LogP contribution in [0.4, 0.5) is 0 Å². The third kappa shape index (κ3) is 4.77. The van der Waals surface area contributed by atoms with Crippen molar-refractivity contribution in [1.29, 1.82) is 0 Å². The summed E-state index contributed by atoms with van der Waals surface area (Å²) in [6, 6.07) is 18.9. The Morgan fingerprint density at radius 2 is 1.67 bits per heavy atom. The van der Waals surface area contributed by atoms with Crippen molar-refractivity contribution >= 4 is 16.9 Å². The first-order valence-corrected chi connectivity index (χ1v) is 11.1. The monoisotopic (exact) mass is 440 g/mol. The lowest BCUT2D eigenvalue weighted by atomic mass is 10.2. The van der Waals surface area contributed by atoms with E-state index in [1.807, 2.05) is 60.7 Å². The van der Waals surface area contributed by atoms with Gasteiger partial charge in [-0.1, -0.05) is 30.3 Å². The molecule has 2 aromatic heterocycles. The minimum atomic E-state index is -0.158. The molecule has 1 aliphatic heterocycles. The molecule has 0 bridgehead atoms. The summed E-state index contributed by atoms with van der Waals surface area (Å²) in [6.07, 6.45) is 5.92. The van der Waals surface area contributed by atoms with Crippen molar-refractivity contribution in [1.82, 2.24) is 19.9 Å². The number of rotatable bonds is 1. The van der Waals surface area contributed by atoms with Crippen LogP contribution in [-0.2, 0) is 6.54 Å². The first-order chi connectivity index (χ1) is 16.3. The van der Waals surface area contributed by atoms with Gasteiger partial charge in [-0.2, -0.15) is 0 Å². The Morgan fingerprint density at radius 1 is 0.848 bits per heavy atom. The summed E-state index contributed by atoms with van der Waals surface area (Å²) < 4.78 is 12.1. The van der Waals surface area contributed by atoms with E-state index in [1.54, 1.807) is 17.3 Å². The molecule has 33 heavy (non-hydrogen) atoms. The fraction of sp³-hybridized carbons (Fsp3) is 0.231. The summed E-state index contributed by atoms with van der Waals surface area (Å²) in [7, 11) is 0. The van der Waals surface area contributed by atoms with Gasteiger partial charge in [0.2, 0.25) is 5.88 Å². The lowest BCUT2D eigenvalue weighted by Crippen LogP contribution is -2.32. The molecule has 5 rings (SSSR count). The van der Waals surface area contributed by atoms with Gasteiger partial charge in [0.05, 0.1) is 30.4 Å². The van der Waals surface area contributed by atoms with E-state index in [9.17, 15) is 4.79 Å². The van der Waals surface area contributed by atoms with Crippen LogP contribution in [0.25, 0.3) is 11.0 Å². The molecular formula is C26H24N4O3. The van der Waals surface area contributed by atoms with Gasteiger partial charge in [0, 0.05) is 18.3 Å². The molecule has 0 saturated carbocycles. The number of hydrogen-bond donors (Lipinski definition) is 0. The molecule has 1 amide bonds. The van der Waals surface area contributed by atoms with Crippen LogP contribution in [-0.4, -0.2) is 38.9 Å². The second-order valence-corrected chi connectivity index (χ2v) is 7.90. The van der Waals surface area contributed by atoms with Crippen molar-refractivity contribution in [2.24, 2.45) is 0 Å². The molecule has 0 N–H and O–H groups in total. The molecule has 0 atom stereocenters. The maximum Gasteiger partial charge on any atom is 0.274 e. The average molecular weight is 441 g/mol. The molecule has 1 aliphatic rings. The summed E-state index contributed by atoms with van der Waals surface area (Å²) >= 11 is 0. The molecule has 2 aromatic carbocycles. The van der Waals surface area contributed by atoms with Crippen molar-refractivity contribution in [2.45, 2.75) is 25.8 Å². The van der Waals surface area contributed by atoms with Gasteiger partial charge in [-0.25, -0.2) is 9.97 Å². The summed E-state index contributed by atoms with van der Waals surface area (Å²) in [4.78, 5) is 28.7. The van der Waals surface area contributed by atoms with Gasteiger partial charge in [0.15, 0.2) is 11.5 Å². The smallest absolute Gasteiger partial charge is 0.274 e. The molecule has 0 saturated heterocycles.